The predicted octanol–water partition coefficient (Wildman–Crippen LogP) is 1.06. The van der Waals surface area contributed by atoms with Crippen LogP contribution in [0.3, 0.4) is 0 Å². The quantitative estimate of drug-likeness (QED) is 0.618. The lowest BCUT2D eigenvalue weighted by atomic mass is 9.99. The van der Waals surface area contributed by atoms with Gasteiger partial charge in [0.15, 0.2) is 0 Å². The fraction of sp³-hybridized carbons (Fsp3) is 0.444. The van der Waals surface area contributed by atoms with Crippen molar-refractivity contribution in [2.24, 2.45) is 5.73 Å². The minimum absolute atomic E-state index is 0.472. The Morgan fingerprint density at radius 2 is 2.42 bits per heavy atom. The Morgan fingerprint density at radius 1 is 1.67 bits per heavy atom. The first-order valence-electron chi connectivity index (χ1n) is 4.01. The van der Waals surface area contributed by atoms with Crippen LogP contribution in [0.2, 0.25) is 0 Å². The molecule has 0 unspecified atom stereocenters. The van der Waals surface area contributed by atoms with E-state index in [2.05, 4.69) is 6.08 Å². The van der Waals surface area contributed by atoms with Crippen molar-refractivity contribution < 1.29 is 9.90 Å². The molecule has 0 bridgehead atoms. The summed E-state index contributed by atoms with van der Waals surface area (Å²) in [7, 11) is 0. The van der Waals surface area contributed by atoms with Crippen LogP contribution in [-0.2, 0) is 4.79 Å². The largest absolute Gasteiger partial charge is 0.480 e. The van der Waals surface area contributed by atoms with E-state index in [1.807, 2.05) is 12.2 Å². The zero-order chi connectivity index (χ0) is 8.97. The van der Waals surface area contributed by atoms with Crippen molar-refractivity contribution in [2.45, 2.75) is 25.3 Å². The molecule has 0 saturated carbocycles. The topological polar surface area (TPSA) is 63.3 Å². The van der Waals surface area contributed by atoms with E-state index in [1.165, 1.54) is 0 Å². The summed E-state index contributed by atoms with van der Waals surface area (Å²) in [5.41, 5.74) is 6.51. The second kappa shape index (κ2) is 4.07. The molecule has 66 valence electrons. The number of hydrogen-bond acceptors (Lipinski definition) is 2. The molecule has 0 aromatic carbocycles. The molecule has 1 aliphatic rings. The molecule has 3 N–H and O–H groups in total. The number of hydrogen-bond donors (Lipinski definition) is 2. The molecule has 0 amide bonds. The zero-order valence-electron chi connectivity index (χ0n) is 6.86. The third kappa shape index (κ3) is 2.51. The third-order valence-corrected chi connectivity index (χ3v) is 1.89. The summed E-state index contributed by atoms with van der Waals surface area (Å²) in [5.74, 6) is -0.926. The van der Waals surface area contributed by atoms with Crippen LogP contribution in [0.1, 0.15) is 19.3 Å². The van der Waals surface area contributed by atoms with E-state index in [0.717, 1.165) is 18.4 Å². The van der Waals surface area contributed by atoms with Gasteiger partial charge < -0.3 is 10.8 Å². The van der Waals surface area contributed by atoms with Gasteiger partial charge in [-0.3, -0.25) is 4.79 Å². The summed E-state index contributed by atoms with van der Waals surface area (Å²) in [6.45, 7) is 0. The smallest absolute Gasteiger partial charge is 0.320 e. The lowest BCUT2D eigenvalue weighted by Crippen LogP contribution is -2.30. The number of carbonyl (C=O) groups is 1. The van der Waals surface area contributed by atoms with Crippen molar-refractivity contribution in [3.8, 4) is 0 Å². The summed E-state index contributed by atoms with van der Waals surface area (Å²) >= 11 is 0. The fourth-order valence-electron chi connectivity index (χ4n) is 1.19. The Kier molecular flexibility index (Phi) is 3.05. The predicted molar refractivity (Wildman–Crippen MR) is 46.7 cm³/mol. The molecule has 0 saturated heterocycles. The van der Waals surface area contributed by atoms with Gasteiger partial charge in [0.2, 0.25) is 0 Å². The molecule has 1 aliphatic carbocycles. The Labute approximate surface area is 71.6 Å². The molecule has 12 heavy (non-hydrogen) atoms. The van der Waals surface area contributed by atoms with E-state index in [-0.39, 0.29) is 0 Å². The maximum atomic E-state index is 10.4. The third-order valence-electron chi connectivity index (χ3n) is 1.89. The first-order valence-corrected chi connectivity index (χ1v) is 4.01. The molecule has 0 radical (unpaired) electrons. The van der Waals surface area contributed by atoms with Crippen molar-refractivity contribution in [2.75, 3.05) is 0 Å². The van der Waals surface area contributed by atoms with Crippen molar-refractivity contribution in [3.63, 3.8) is 0 Å². The van der Waals surface area contributed by atoms with Gasteiger partial charge in [-0.2, -0.15) is 0 Å². The number of carboxylic acid groups (broad SMARTS) is 1. The molecule has 1 atom stereocenters. The highest BCUT2D eigenvalue weighted by Crippen LogP contribution is 2.15. The highest BCUT2D eigenvalue weighted by Gasteiger charge is 2.13. The van der Waals surface area contributed by atoms with Crippen molar-refractivity contribution >= 4 is 5.97 Å². The van der Waals surface area contributed by atoms with Crippen molar-refractivity contribution in [3.05, 3.63) is 23.8 Å². The second-order valence-electron chi connectivity index (χ2n) is 2.92. The maximum Gasteiger partial charge on any atom is 0.320 e. The molecule has 3 nitrogen and oxygen atoms in total. The van der Waals surface area contributed by atoms with E-state index in [4.69, 9.17) is 10.8 Å². The van der Waals surface area contributed by atoms with E-state index >= 15 is 0 Å². The highest BCUT2D eigenvalue weighted by molar-refractivity contribution is 5.73. The van der Waals surface area contributed by atoms with Crippen LogP contribution in [0.5, 0.6) is 0 Å². The van der Waals surface area contributed by atoms with Crippen LogP contribution >= 0.6 is 0 Å². The van der Waals surface area contributed by atoms with Crippen LogP contribution < -0.4 is 5.73 Å². The molecule has 0 aliphatic heterocycles. The SMILES string of the molecule is N[C@@H](CC1=CCC=CC1)C(=O)O. The van der Waals surface area contributed by atoms with E-state index in [0.29, 0.717) is 6.42 Å². The van der Waals surface area contributed by atoms with E-state index in [1.54, 1.807) is 0 Å². The minimum atomic E-state index is -0.926. The van der Waals surface area contributed by atoms with Gasteiger partial charge >= 0.3 is 5.97 Å². The Balaban J connectivity index is 2.40. The van der Waals surface area contributed by atoms with Gasteiger partial charge in [-0.25, -0.2) is 0 Å². The summed E-state index contributed by atoms with van der Waals surface area (Å²) in [6, 6.07) is -0.747. The summed E-state index contributed by atoms with van der Waals surface area (Å²) < 4.78 is 0. The van der Waals surface area contributed by atoms with Gasteiger partial charge in [0.05, 0.1) is 0 Å². The summed E-state index contributed by atoms with van der Waals surface area (Å²) in [5, 5.41) is 8.54. The summed E-state index contributed by atoms with van der Waals surface area (Å²) in [6.07, 6.45) is 8.38. The molecule has 3 heteroatoms. The van der Waals surface area contributed by atoms with Crippen LogP contribution in [-0.4, -0.2) is 17.1 Å². The van der Waals surface area contributed by atoms with Gasteiger partial charge in [0, 0.05) is 0 Å². The Bertz CT molecular complexity index is 231. The van der Waals surface area contributed by atoms with Gasteiger partial charge in [-0.05, 0) is 19.3 Å². The van der Waals surface area contributed by atoms with Crippen molar-refractivity contribution in [1.82, 2.24) is 0 Å². The van der Waals surface area contributed by atoms with E-state index < -0.39 is 12.0 Å². The van der Waals surface area contributed by atoms with Crippen LogP contribution in [0.25, 0.3) is 0 Å². The first-order chi connectivity index (χ1) is 5.70. The average molecular weight is 167 g/mol. The molecule has 0 spiro atoms. The molecular weight excluding hydrogens is 154 g/mol. The lowest BCUT2D eigenvalue weighted by molar-refractivity contribution is -0.138. The minimum Gasteiger partial charge on any atom is -0.480 e. The van der Waals surface area contributed by atoms with Crippen molar-refractivity contribution in [1.29, 1.82) is 0 Å². The number of allylic oxidation sites excluding steroid dienone is 3. The van der Waals surface area contributed by atoms with Crippen LogP contribution in [0.4, 0.5) is 0 Å². The van der Waals surface area contributed by atoms with Gasteiger partial charge in [-0.1, -0.05) is 23.8 Å². The monoisotopic (exact) mass is 167 g/mol. The molecule has 0 fully saturated rings. The molecule has 1 rings (SSSR count). The van der Waals surface area contributed by atoms with Gasteiger partial charge in [0.1, 0.15) is 6.04 Å². The molecule has 0 aromatic rings. The normalized spacial score (nSPS) is 18.6. The number of rotatable bonds is 3. The highest BCUT2D eigenvalue weighted by atomic mass is 16.4. The lowest BCUT2D eigenvalue weighted by Gasteiger charge is -2.10. The number of carboxylic acids is 1. The number of nitrogens with two attached hydrogens (primary N) is 1. The molecule has 0 heterocycles. The zero-order valence-corrected chi connectivity index (χ0v) is 6.86. The van der Waals surface area contributed by atoms with Gasteiger partial charge in [-0.15, -0.1) is 0 Å². The molecular formula is C9H13NO2. The maximum absolute atomic E-state index is 10.4. The standard InChI is InChI=1S/C9H13NO2/c10-8(9(11)12)6-7-4-2-1-3-5-7/h1-2,5,8H,3-4,6,10H2,(H,11,12)/t8-/m0/s1. The Morgan fingerprint density at radius 3 is 2.92 bits per heavy atom. The van der Waals surface area contributed by atoms with Crippen LogP contribution in [0, 0.1) is 0 Å². The Hall–Kier alpha value is -1.09. The average Bonchev–Trinajstić information content (AvgIpc) is 2.06. The van der Waals surface area contributed by atoms with Gasteiger partial charge in [0.25, 0.3) is 0 Å². The summed E-state index contributed by atoms with van der Waals surface area (Å²) in [4.78, 5) is 10.4. The van der Waals surface area contributed by atoms with E-state index in [9.17, 15) is 4.79 Å². The second-order valence-corrected chi connectivity index (χ2v) is 2.92. The first kappa shape index (κ1) is 9.00. The number of aliphatic carboxylic acids is 1. The molecule has 0 aromatic heterocycles. The van der Waals surface area contributed by atoms with Crippen LogP contribution in [0.15, 0.2) is 23.8 Å². The fourth-order valence-corrected chi connectivity index (χ4v) is 1.19.